The third-order valence-electron chi connectivity index (χ3n) is 13.4. The summed E-state index contributed by atoms with van der Waals surface area (Å²) in [5, 5.41) is 12.6. The minimum atomic E-state index is 1.09. The van der Waals surface area contributed by atoms with E-state index in [2.05, 4.69) is 254 Å². The molecule has 0 aliphatic carbocycles. The first-order valence-corrected chi connectivity index (χ1v) is 23.5. The predicted molar refractivity (Wildman–Crippen MR) is 286 cm³/mol. The van der Waals surface area contributed by atoms with Crippen molar-refractivity contribution >= 4 is 91.7 Å². The quantitative estimate of drug-likeness (QED) is 0.144. The Balaban J connectivity index is 1.05. The number of nitrogens with zero attached hydrogens (tertiary/aromatic N) is 1. The molecule has 13 rings (SSSR count). The molecule has 0 saturated heterocycles. The standard InChI is InChI=1S/C64H41NS/c1-3-17-43(18-4-1)62-57-29-12-11-26-53(57)55-38-37-49(41-60(55)63(62)44-19-5-2-6-20-44)65(48-23-15-22-45(39-48)51-30-16-31-58-56-28-13-14-32-61(56)66-64(51)58)47-35-33-42(34-36-47)59-40-46-21-7-8-24-50(46)52-25-9-10-27-54(52)59/h1-41H. The molecule has 1 nitrogen and oxygen atoms in total. The third kappa shape index (κ3) is 6.30. The van der Waals surface area contributed by atoms with Gasteiger partial charge in [0, 0.05) is 37.2 Å². The van der Waals surface area contributed by atoms with Crippen molar-refractivity contribution in [3.8, 4) is 44.5 Å². The SMILES string of the molecule is c1ccc(-c2c(-c3ccccc3)c3cc(N(c4ccc(-c5cc6ccccc6c6ccccc56)cc4)c4cccc(-c5cccc6c5sc5ccccc56)c4)ccc3c3ccccc23)cc1. The fourth-order valence-electron chi connectivity index (χ4n) is 10.4. The Bertz CT molecular complexity index is 3980. The number of thiophene rings is 1. The zero-order valence-corrected chi connectivity index (χ0v) is 36.8. The van der Waals surface area contributed by atoms with Gasteiger partial charge in [0.05, 0.1) is 0 Å². The second kappa shape index (κ2) is 15.7. The van der Waals surface area contributed by atoms with Crippen LogP contribution in [0.4, 0.5) is 17.1 Å². The fourth-order valence-corrected chi connectivity index (χ4v) is 11.7. The van der Waals surface area contributed by atoms with Crippen molar-refractivity contribution in [2.45, 2.75) is 0 Å². The molecule has 0 unspecified atom stereocenters. The Morgan fingerprint density at radius 1 is 0.258 bits per heavy atom. The minimum Gasteiger partial charge on any atom is -0.310 e. The van der Waals surface area contributed by atoms with Crippen LogP contribution in [-0.4, -0.2) is 0 Å². The molecule has 0 N–H and O–H groups in total. The summed E-state index contributed by atoms with van der Waals surface area (Å²) in [4.78, 5) is 2.45. The lowest BCUT2D eigenvalue weighted by atomic mass is 9.85. The van der Waals surface area contributed by atoms with Crippen LogP contribution in [0.1, 0.15) is 0 Å². The zero-order chi connectivity index (χ0) is 43.6. The third-order valence-corrected chi connectivity index (χ3v) is 14.6. The maximum absolute atomic E-state index is 2.45. The van der Waals surface area contributed by atoms with Crippen molar-refractivity contribution < 1.29 is 0 Å². The van der Waals surface area contributed by atoms with Crippen LogP contribution < -0.4 is 4.90 Å². The number of hydrogen-bond acceptors (Lipinski definition) is 2. The molecule has 0 atom stereocenters. The second-order valence-electron chi connectivity index (χ2n) is 17.2. The van der Waals surface area contributed by atoms with E-state index in [1.54, 1.807) is 0 Å². The van der Waals surface area contributed by atoms with Crippen molar-refractivity contribution in [1.82, 2.24) is 0 Å². The number of fused-ring (bicyclic) bond motifs is 9. The molecule has 0 radical (unpaired) electrons. The van der Waals surface area contributed by atoms with Crippen molar-refractivity contribution in [2.24, 2.45) is 0 Å². The van der Waals surface area contributed by atoms with Crippen molar-refractivity contribution in [3.63, 3.8) is 0 Å². The zero-order valence-electron chi connectivity index (χ0n) is 36.0. The van der Waals surface area contributed by atoms with E-state index >= 15 is 0 Å². The Morgan fingerprint density at radius 3 is 1.55 bits per heavy atom. The molecule has 12 aromatic carbocycles. The van der Waals surface area contributed by atoms with E-state index in [1.807, 2.05) is 11.3 Å². The van der Waals surface area contributed by atoms with Crippen molar-refractivity contribution in [1.29, 1.82) is 0 Å². The summed E-state index contributed by atoms with van der Waals surface area (Å²) in [5.41, 5.74) is 13.0. The molecule has 0 aliphatic rings. The predicted octanol–water partition coefficient (Wildman–Crippen LogP) is 18.8. The molecule has 0 bridgehead atoms. The minimum absolute atomic E-state index is 1.09. The molecular formula is C64H41NS. The van der Waals surface area contributed by atoms with Gasteiger partial charge in [-0.15, -0.1) is 11.3 Å². The lowest BCUT2D eigenvalue weighted by Crippen LogP contribution is -2.10. The first-order valence-electron chi connectivity index (χ1n) is 22.7. The molecule has 13 aromatic rings. The van der Waals surface area contributed by atoms with Gasteiger partial charge < -0.3 is 4.90 Å². The summed E-state index contributed by atoms with van der Waals surface area (Å²) < 4.78 is 2.62. The first kappa shape index (κ1) is 38.2. The van der Waals surface area contributed by atoms with E-state index in [4.69, 9.17) is 0 Å². The second-order valence-corrected chi connectivity index (χ2v) is 18.2. The van der Waals surface area contributed by atoms with Gasteiger partial charge in [-0.2, -0.15) is 0 Å². The van der Waals surface area contributed by atoms with Crippen molar-refractivity contribution in [3.05, 3.63) is 249 Å². The Hall–Kier alpha value is -8.30. The van der Waals surface area contributed by atoms with E-state index < -0.39 is 0 Å². The van der Waals surface area contributed by atoms with E-state index in [0.717, 1.165) is 17.1 Å². The molecular weight excluding hydrogens is 815 g/mol. The highest BCUT2D eigenvalue weighted by Crippen LogP contribution is 2.48. The maximum atomic E-state index is 2.45. The van der Waals surface area contributed by atoms with Crippen LogP contribution >= 0.6 is 11.3 Å². The molecule has 1 aromatic heterocycles. The Labute approximate surface area is 387 Å². The molecule has 0 aliphatic heterocycles. The lowest BCUT2D eigenvalue weighted by Gasteiger charge is -2.27. The normalized spacial score (nSPS) is 11.6. The van der Waals surface area contributed by atoms with Gasteiger partial charge in [-0.25, -0.2) is 0 Å². The van der Waals surface area contributed by atoms with Crippen LogP contribution in [0, 0.1) is 0 Å². The molecule has 308 valence electrons. The number of anilines is 3. The fraction of sp³-hybridized carbons (Fsp3) is 0. The van der Waals surface area contributed by atoms with E-state index in [0.29, 0.717) is 0 Å². The summed E-state index contributed by atoms with van der Waals surface area (Å²) >= 11 is 1.88. The number of rotatable bonds is 7. The summed E-state index contributed by atoms with van der Waals surface area (Å²) in [6, 6.07) is 91.6. The molecule has 1 heterocycles. The van der Waals surface area contributed by atoms with Crippen LogP contribution in [0.15, 0.2) is 249 Å². The van der Waals surface area contributed by atoms with E-state index in [9.17, 15) is 0 Å². The van der Waals surface area contributed by atoms with E-state index in [1.165, 1.54) is 108 Å². The van der Waals surface area contributed by atoms with Crippen LogP contribution in [0.3, 0.4) is 0 Å². The highest BCUT2D eigenvalue weighted by Gasteiger charge is 2.21. The summed E-state index contributed by atoms with van der Waals surface area (Å²) in [5.74, 6) is 0. The van der Waals surface area contributed by atoms with Gasteiger partial charge in [0.2, 0.25) is 0 Å². The largest absolute Gasteiger partial charge is 0.310 e. The maximum Gasteiger partial charge on any atom is 0.0468 e. The molecule has 66 heavy (non-hydrogen) atoms. The molecule has 0 amide bonds. The lowest BCUT2D eigenvalue weighted by molar-refractivity contribution is 1.29. The van der Waals surface area contributed by atoms with Crippen LogP contribution in [0.5, 0.6) is 0 Å². The van der Waals surface area contributed by atoms with Crippen LogP contribution in [-0.2, 0) is 0 Å². The number of hydrogen-bond donors (Lipinski definition) is 0. The highest BCUT2D eigenvalue weighted by atomic mass is 32.1. The van der Waals surface area contributed by atoms with Gasteiger partial charge in [0.25, 0.3) is 0 Å². The first-order chi connectivity index (χ1) is 32.7. The molecule has 0 fully saturated rings. The average Bonchev–Trinajstić information content (AvgIpc) is 3.78. The van der Waals surface area contributed by atoms with Gasteiger partial charge in [0.1, 0.15) is 0 Å². The molecule has 2 heteroatoms. The highest BCUT2D eigenvalue weighted by molar-refractivity contribution is 7.26. The Kier molecular flexibility index (Phi) is 9.11. The average molecular weight is 856 g/mol. The van der Waals surface area contributed by atoms with Gasteiger partial charge in [-0.1, -0.05) is 200 Å². The molecule has 0 spiro atoms. The number of benzene rings is 12. The Morgan fingerprint density at radius 2 is 0.788 bits per heavy atom. The van der Waals surface area contributed by atoms with Crippen LogP contribution in [0.2, 0.25) is 0 Å². The van der Waals surface area contributed by atoms with Crippen molar-refractivity contribution in [2.75, 3.05) is 4.90 Å². The summed E-state index contributed by atoms with van der Waals surface area (Å²) in [6.07, 6.45) is 0. The molecule has 0 saturated carbocycles. The van der Waals surface area contributed by atoms with Gasteiger partial charge in [-0.3, -0.25) is 0 Å². The van der Waals surface area contributed by atoms with E-state index in [-0.39, 0.29) is 0 Å². The van der Waals surface area contributed by atoms with Crippen LogP contribution in [0.25, 0.3) is 108 Å². The van der Waals surface area contributed by atoms with Gasteiger partial charge in [0.15, 0.2) is 0 Å². The van der Waals surface area contributed by atoms with Gasteiger partial charge in [-0.05, 0) is 136 Å². The smallest absolute Gasteiger partial charge is 0.0468 e. The summed E-state index contributed by atoms with van der Waals surface area (Å²) in [6.45, 7) is 0. The topological polar surface area (TPSA) is 3.24 Å². The van der Waals surface area contributed by atoms with Gasteiger partial charge >= 0.3 is 0 Å². The summed E-state index contributed by atoms with van der Waals surface area (Å²) in [7, 11) is 0. The monoisotopic (exact) mass is 855 g/mol.